The molecule has 0 aliphatic carbocycles. The van der Waals surface area contributed by atoms with Crippen LogP contribution < -0.4 is 5.32 Å². The molecule has 8 heteroatoms. The Hall–Kier alpha value is -4.07. The molecule has 2 aromatic heterocycles. The Morgan fingerprint density at radius 3 is 2.48 bits per heavy atom. The van der Waals surface area contributed by atoms with E-state index in [2.05, 4.69) is 20.6 Å². The van der Waals surface area contributed by atoms with Crippen molar-refractivity contribution in [1.82, 2.24) is 24.9 Å². The highest BCUT2D eigenvalue weighted by Crippen LogP contribution is 2.25. The van der Waals surface area contributed by atoms with Crippen LogP contribution in [0.3, 0.4) is 0 Å². The summed E-state index contributed by atoms with van der Waals surface area (Å²) in [4.78, 5) is 27.3. The molecule has 0 unspecified atom stereocenters. The van der Waals surface area contributed by atoms with E-state index < -0.39 is 0 Å². The fourth-order valence-electron chi connectivity index (χ4n) is 4.19. The predicted molar refractivity (Wildman–Crippen MR) is 125 cm³/mol. The summed E-state index contributed by atoms with van der Waals surface area (Å²) in [6.45, 7) is 1.12. The minimum atomic E-state index is -0.163. The first kappa shape index (κ1) is 20.8. The van der Waals surface area contributed by atoms with Crippen LogP contribution in [0.5, 0.6) is 0 Å². The molecule has 1 aliphatic rings. The number of piperidine rings is 1. The van der Waals surface area contributed by atoms with Gasteiger partial charge in [-0.25, -0.2) is 0 Å². The van der Waals surface area contributed by atoms with Crippen LogP contribution in [0.1, 0.15) is 23.2 Å². The van der Waals surface area contributed by atoms with E-state index >= 15 is 0 Å². The van der Waals surface area contributed by atoms with Gasteiger partial charge in [0.15, 0.2) is 5.82 Å². The number of carbonyl (C=O) groups is 2. The van der Waals surface area contributed by atoms with Crippen molar-refractivity contribution in [1.29, 1.82) is 0 Å². The van der Waals surface area contributed by atoms with Crippen molar-refractivity contribution in [3.05, 3.63) is 72.6 Å². The van der Waals surface area contributed by atoms with Crippen LogP contribution in [0.4, 0.5) is 5.82 Å². The van der Waals surface area contributed by atoms with Gasteiger partial charge in [-0.1, -0.05) is 24.3 Å². The van der Waals surface area contributed by atoms with Crippen molar-refractivity contribution < 1.29 is 9.59 Å². The van der Waals surface area contributed by atoms with E-state index in [1.165, 1.54) is 0 Å². The predicted octanol–water partition coefficient (Wildman–Crippen LogP) is 3.52. The number of fused-ring (bicyclic) bond motifs is 1. The monoisotopic (exact) mass is 440 g/mol. The zero-order valence-electron chi connectivity index (χ0n) is 18.3. The third kappa shape index (κ3) is 4.45. The van der Waals surface area contributed by atoms with E-state index in [4.69, 9.17) is 0 Å². The largest absolute Gasteiger partial charge is 0.339 e. The van der Waals surface area contributed by atoms with Gasteiger partial charge in [-0.2, -0.15) is 5.10 Å². The second-order valence-electron chi connectivity index (χ2n) is 8.33. The average Bonchev–Trinajstić information content (AvgIpc) is 3.30. The first-order valence-corrected chi connectivity index (χ1v) is 11.0. The van der Waals surface area contributed by atoms with Crippen LogP contribution in [-0.4, -0.2) is 49.8 Å². The maximum absolute atomic E-state index is 12.8. The van der Waals surface area contributed by atoms with Gasteiger partial charge in [0.25, 0.3) is 5.91 Å². The van der Waals surface area contributed by atoms with E-state index in [9.17, 15) is 9.59 Å². The van der Waals surface area contributed by atoms with Crippen LogP contribution in [0.2, 0.25) is 0 Å². The topological polar surface area (TPSA) is 93.0 Å². The molecule has 0 spiro atoms. The summed E-state index contributed by atoms with van der Waals surface area (Å²) in [5.74, 6) is 0.195. The Kier molecular flexibility index (Phi) is 5.56. The van der Waals surface area contributed by atoms with Crippen LogP contribution in [0.15, 0.2) is 67.0 Å². The molecule has 166 valence electrons. The standard InChI is InChI=1S/C25H24N6O2/c1-30-16-21(15-26-30)19-7-8-22-20(13-19)14-23(29-28-22)27-24(32)17-9-11-31(12-10-17)25(33)18-5-3-2-4-6-18/h2-8,13-17H,9-12H2,1H3,(H,27,29,32). The molecule has 0 bridgehead atoms. The Morgan fingerprint density at radius 2 is 1.76 bits per heavy atom. The number of amides is 2. The molecule has 2 aromatic carbocycles. The number of nitrogens with one attached hydrogen (secondary N) is 1. The van der Waals surface area contributed by atoms with Gasteiger partial charge in [0.1, 0.15) is 0 Å². The van der Waals surface area contributed by atoms with E-state index in [1.54, 1.807) is 4.68 Å². The lowest BCUT2D eigenvalue weighted by molar-refractivity contribution is -0.121. The Balaban J connectivity index is 1.24. The molecule has 0 saturated carbocycles. The molecule has 0 atom stereocenters. The molecular weight excluding hydrogens is 416 g/mol. The molecule has 0 radical (unpaired) electrons. The number of benzene rings is 2. The Morgan fingerprint density at radius 1 is 0.970 bits per heavy atom. The summed E-state index contributed by atoms with van der Waals surface area (Å²) < 4.78 is 1.76. The van der Waals surface area contributed by atoms with Crippen LogP contribution in [0.25, 0.3) is 22.0 Å². The van der Waals surface area contributed by atoms with E-state index in [1.807, 2.05) is 78.9 Å². The molecule has 1 N–H and O–H groups in total. The Bertz CT molecular complexity index is 1310. The number of hydrogen-bond donors (Lipinski definition) is 1. The average molecular weight is 441 g/mol. The van der Waals surface area contributed by atoms with Crippen molar-refractivity contribution in [3.8, 4) is 11.1 Å². The van der Waals surface area contributed by atoms with Crippen LogP contribution in [-0.2, 0) is 11.8 Å². The highest BCUT2D eigenvalue weighted by Gasteiger charge is 2.28. The van der Waals surface area contributed by atoms with E-state index in [0.29, 0.717) is 37.3 Å². The van der Waals surface area contributed by atoms with Gasteiger partial charge in [-0.15, -0.1) is 10.2 Å². The van der Waals surface area contributed by atoms with Crippen molar-refractivity contribution >= 4 is 28.5 Å². The smallest absolute Gasteiger partial charge is 0.253 e. The fourth-order valence-corrected chi connectivity index (χ4v) is 4.19. The van der Waals surface area contributed by atoms with Crippen LogP contribution in [0, 0.1) is 5.92 Å². The van der Waals surface area contributed by atoms with Crippen molar-refractivity contribution in [3.63, 3.8) is 0 Å². The minimum Gasteiger partial charge on any atom is -0.339 e. The Labute approximate surface area is 191 Å². The SMILES string of the molecule is Cn1cc(-c2ccc3nnc(NC(=O)C4CCN(C(=O)c5ccccc5)CC4)cc3c2)cn1. The van der Waals surface area contributed by atoms with Gasteiger partial charge in [0.05, 0.1) is 11.7 Å². The fraction of sp³-hybridized carbons (Fsp3) is 0.240. The van der Waals surface area contributed by atoms with Crippen molar-refractivity contribution in [2.45, 2.75) is 12.8 Å². The number of carbonyl (C=O) groups excluding carboxylic acids is 2. The third-order valence-electron chi connectivity index (χ3n) is 6.05. The number of aryl methyl sites for hydroxylation is 1. The normalized spacial score (nSPS) is 14.4. The molecular formula is C25H24N6O2. The van der Waals surface area contributed by atoms with E-state index in [-0.39, 0.29) is 17.7 Å². The van der Waals surface area contributed by atoms with Gasteiger partial charge < -0.3 is 10.2 Å². The summed E-state index contributed by atoms with van der Waals surface area (Å²) in [5.41, 5.74) is 3.47. The molecule has 1 saturated heterocycles. The molecule has 3 heterocycles. The molecule has 1 aliphatic heterocycles. The molecule has 5 rings (SSSR count). The molecule has 33 heavy (non-hydrogen) atoms. The summed E-state index contributed by atoms with van der Waals surface area (Å²) in [5, 5.41) is 16.4. The lowest BCUT2D eigenvalue weighted by atomic mass is 9.95. The van der Waals surface area contributed by atoms with Crippen molar-refractivity contribution in [2.75, 3.05) is 18.4 Å². The maximum atomic E-state index is 12.8. The first-order valence-electron chi connectivity index (χ1n) is 11.0. The van der Waals surface area contributed by atoms with Gasteiger partial charge in [-0.3, -0.25) is 14.3 Å². The first-order chi connectivity index (χ1) is 16.1. The number of aromatic nitrogens is 4. The summed E-state index contributed by atoms with van der Waals surface area (Å²) in [7, 11) is 1.88. The second kappa shape index (κ2) is 8.82. The van der Waals surface area contributed by atoms with Gasteiger partial charge in [0, 0.05) is 48.8 Å². The van der Waals surface area contributed by atoms with Crippen molar-refractivity contribution in [2.24, 2.45) is 13.0 Å². The van der Waals surface area contributed by atoms with Gasteiger partial charge in [-0.05, 0) is 48.7 Å². The second-order valence-corrected chi connectivity index (χ2v) is 8.33. The quantitative estimate of drug-likeness (QED) is 0.524. The lowest BCUT2D eigenvalue weighted by Gasteiger charge is -2.31. The summed E-state index contributed by atoms with van der Waals surface area (Å²) in [6, 6.07) is 17.0. The molecule has 8 nitrogen and oxygen atoms in total. The number of hydrogen-bond acceptors (Lipinski definition) is 5. The maximum Gasteiger partial charge on any atom is 0.253 e. The lowest BCUT2D eigenvalue weighted by Crippen LogP contribution is -2.41. The summed E-state index contributed by atoms with van der Waals surface area (Å²) >= 11 is 0. The summed E-state index contributed by atoms with van der Waals surface area (Å²) in [6.07, 6.45) is 5.01. The third-order valence-corrected chi connectivity index (χ3v) is 6.05. The highest BCUT2D eigenvalue weighted by atomic mass is 16.2. The number of rotatable bonds is 4. The van der Waals surface area contributed by atoms with Gasteiger partial charge >= 0.3 is 0 Å². The highest BCUT2D eigenvalue weighted by molar-refractivity contribution is 5.96. The molecule has 1 fully saturated rings. The number of anilines is 1. The zero-order valence-corrected chi connectivity index (χ0v) is 18.3. The molecule has 4 aromatic rings. The zero-order chi connectivity index (χ0) is 22.8. The number of nitrogens with zero attached hydrogens (tertiary/aromatic N) is 5. The van der Waals surface area contributed by atoms with Crippen LogP contribution >= 0.6 is 0 Å². The minimum absolute atomic E-state index is 0.0132. The van der Waals surface area contributed by atoms with E-state index in [0.717, 1.165) is 22.0 Å². The van der Waals surface area contributed by atoms with Gasteiger partial charge in [0.2, 0.25) is 5.91 Å². The molecule has 2 amide bonds. The number of likely N-dealkylation sites (tertiary alicyclic amines) is 1.